The maximum Gasteiger partial charge on any atom is 0.318 e. The second-order valence-electron chi connectivity index (χ2n) is 9.33. The van der Waals surface area contributed by atoms with Gasteiger partial charge in [0.2, 0.25) is 0 Å². The van der Waals surface area contributed by atoms with Gasteiger partial charge in [-0.2, -0.15) is 0 Å². The van der Waals surface area contributed by atoms with Crippen LogP contribution in [-0.2, 0) is 33.4 Å². The van der Waals surface area contributed by atoms with Crippen molar-refractivity contribution in [3.05, 3.63) is 35.5 Å². The van der Waals surface area contributed by atoms with Crippen molar-refractivity contribution in [1.29, 1.82) is 0 Å². The number of cyclic esters (lactones) is 2. The summed E-state index contributed by atoms with van der Waals surface area (Å²) in [6.07, 6.45) is 9.76. The van der Waals surface area contributed by atoms with Crippen LogP contribution in [0.5, 0.6) is 0 Å². The molecule has 31 heavy (non-hydrogen) atoms. The third kappa shape index (κ3) is 2.63. The number of amides is 2. The van der Waals surface area contributed by atoms with Crippen LogP contribution in [0.2, 0.25) is 0 Å². The van der Waals surface area contributed by atoms with Crippen LogP contribution in [0.1, 0.15) is 19.3 Å². The van der Waals surface area contributed by atoms with Crippen LogP contribution in [0.25, 0.3) is 0 Å². The largest absolute Gasteiger partial charge is 0.464 e. The van der Waals surface area contributed by atoms with Crippen molar-refractivity contribution in [3.8, 4) is 0 Å². The minimum atomic E-state index is -0.563. The van der Waals surface area contributed by atoms with Crippen molar-refractivity contribution in [2.75, 3.05) is 13.2 Å². The Morgan fingerprint density at radius 2 is 1.84 bits per heavy atom. The number of carbonyl (C=O) groups is 5. The van der Waals surface area contributed by atoms with Crippen molar-refractivity contribution in [2.45, 2.75) is 19.3 Å². The molecular weight excluding hydrogens is 402 g/mol. The van der Waals surface area contributed by atoms with Crippen molar-refractivity contribution in [1.82, 2.24) is 4.90 Å². The maximum atomic E-state index is 12.9. The van der Waals surface area contributed by atoms with Crippen LogP contribution in [0, 0.1) is 41.4 Å². The summed E-state index contributed by atoms with van der Waals surface area (Å²) in [5, 5.41) is 0. The van der Waals surface area contributed by atoms with E-state index in [0.29, 0.717) is 17.9 Å². The normalized spacial score (nSPS) is 39.4. The Balaban J connectivity index is 1.09. The Kier molecular flexibility index (Phi) is 3.91. The van der Waals surface area contributed by atoms with E-state index in [2.05, 4.69) is 12.2 Å². The Bertz CT molecular complexity index is 1040. The van der Waals surface area contributed by atoms with Crippen molar-refractivity contribution >= 4 is 29.7 Å². The van der Waals surface area contributed by atoms with Crippen LogP contribution in [0.15, 0.2) is 35.5 Å². The summed E-state index contributed by atoms with van der Waals surface area (Å²) < 4.78 is 10.2. The molecular formula is C23H21NO7. The summed E-state index contributed by atoms with van der Waals surface area (Å²) in [6.45, 7) is -0.0420. The Morgan fingerprint density at radius 3 is 2.58 bits per heavy atom. The highest BCUT2D eigenvalue weighted by molar-refractivity contribution is 6.18. The van der Waals surface area contributed by atoms with Gasteiger partial charge in [0, 0.05) is 11.6 Å². The first-order valence-electron chi connectivity index (χ1n) is 10.8. The lowest BCUT2D eigenvalue weighted by molar-refractivity contribution is -0.155. The van der Waals surface area contributed by atoms with E-state index < -0.39 is 35.6 Å². The van der Waals surface area contributed by atoms with Gasteiger partial charge in [-0.15, -0.1) is 0 Å². The van der Waals surface area contributed by atoms with Gasteiger partial charge in [0.15, 0.2) is 0 Å². The van der Waals surface area contributed by atoms with Crippen LogP contribution in [0.3, 0.4) is 0 Å². The molecule has 3 fully saturated rings. The minimum absolute atomic E-state index is 0.00593. The van der Waals surface area contributed by atoms with Crippen molar-refractivity contribution < 1.29 is 33.4 Å². The Labute approximate surface area is 177 Å². The molecule has 6 aliphatic rings. The molecule has 4 bridgehead atoms. The van der Waals surface area contributed by atoms with Crippen LogP contribution in [0.4, 0.5) is 0 Å². The lowest BCUT2D eigenvalue weighted by atomic mass is 9.79. The average molecular weight is 423 g/mol. The smallest absolute Gasteiger partial charge is 0.318 e. The number of ether oxygens (including phenoxy) is 2. The highest BCUT2D eigenvalue weighted by atomic mass is 16.6. The molecule has 0 spiro atoms. The lowest BCUT2D eigenvalue weighted by Crippen LogP contribution is -2.36. The second-order valence-corrected chi connectivity index (χ2v) is 9.33. The van der Waals surface area contributed by atoms with Gasteiger partial charge in [0.25, 0.3) is 11.8 Å². The topological polar surface area (TPSA) is 107 Å². The first-order valence-corrected chi connectivity index (χ1v) is 10.8. The summed E-state index contributed by atoms with van der Waals surface area (Å²) in [6, 6.07) is 0. The summed E-state index contributed by atoms with van der Waals surface area (Å²) in [5.74, 6) is -3.08. The van der Waals surface area contributed by atoms with E-state index in [1.165, 1.54) is 6.08 Å². The number of allylic oxidation sites excluding steroid dienone is 3. The van der Waals surface area contributed by atoms with E-state index >= 15 is 0 Å². The zero-order valence-corrected chi connectivity index (χ0v) is 16.7. The fourth-order valence-corrected chi connectivity index (χ4v) is 6.43. The molecule has 2 heterocycles. The van der Waals surface area contributed by atoms with E-state index in [1.54, 1.807) is 0 Å². The van der Waals surface area contributed by atoms with Gasteiger partial charge in [-0.25, -0.2) is 0 Å². The van der Waals surface area contributed by atoms with Gasteiger partial charge in [-0.05, 0) is 48.5 Å². The predicted molar refractivity (Wildman–Crippen MR) is 102 cm³/mol. The third-order valence-electron chi connectivity index (χ3n) is 7.81. The lowest BCUT2D eigenvalue weighted by Gasteiger charge is -2.22. The first kappa shape index (κ1) is 18.7. The van der Waals surface area contributed by atoms with Crippen molar-refractivity contribution in [2.24, 2.45) is 41.4 Å². The molecule has 7 unspecified atom stereocenters. The molecule has 0 aromatic carbocycles. The maximum absolute atomic E-state index is 12.9. The fourth-order valence-electron chi connectivity index (χ4n) is 6.43. The number of nitrogens with zero attached hydrogens (tertiary/aromatic N) is 1. The average Bonchev–Trinajstić information content (AvgIpc) is 3.56. The Morgan fingerprint density at radius 1 is 1.03 bits per heavy atom. The molecule has 0 N–H and O–H groups in total. The summed E-state index contributed by atoms with van der Waals surface area (Å²) in [4.78, 5) is 62.8. The molecule has 4 aliphatic carbocycles. The molecule has 0 radical (unpaired) electrons. The predicted octanol–water partition coefficient (Wildman–Crippen LogP) is 0.929. The standard InChI is InChI=1S/C23H21NO7/c25-17-9-16(14-7-12-8-15(14)19-18(12)22(28)31-23(19)29)20(26)24(17)3-4-30-21(27)13-6-10-1-2-11(13)5-10/h1-2,7,9-13,15,18-19H,3-6,8H2. The zero-order valence-electron chi connectivity index (χ0n) is 16.7. The highest BCUT2D eigenvalue weighted by Gasteiger charge is 2.61. The number of esters is 3. The second kappa shape index (κ2) is 6.48. The molecule has 6 rings (SSSR count). The Hall–Kier alpha value is -3.03. The molecule has 2 aliphatic heterocycles. The molecule has 0 aromatic rings. The summed E-state index contributed by atoms with van der Waals surface area (Å²) in [5.41, 5.74) is 0.928. The van der Waals surface area contributed by atoms with E-state index in [1.807, 2.05) is 6.08 Å². The molecule has 160 valence electrons. The first-order chi connectivity index (χ1) is 14.9. The van der Waals surface area contributed by atoms with Gasteiger partial charge in [-0.3, -0.25) is 28.9 Å². The molecule has 0 aromatic heterocycles. The third-order valence-corrected chi connectivity index (χ3v) is 7.81. The van der Waals surface area contributed by atoms with Gasteiger partial charge in [-0.1, -0.05) is 18.2 Å². The van der Waals surface area contributed by atoms with Crippen LogP contribution < -0.4 is 0 Å². The van der Waals surface area contributed by atoms with Crippen LogP contribution in [-0.4, -0.2) is 47.8 Å². The van der Waals surface area contributed by atoms with E-state index in [9.17, 15) is 24.0 Å². The van der Waals surface area contributed by atoms with E-state index in [-0.39, 0.29) is 48.4 Å². The quantitative estimate of drug-likeness (QED) is 0.280. The SMILES string of the molecule is O=C(OCCN1C(=O)C=C(C2=CC3CC2C2C(=O)OC(=O)C32)C1=O)C1CC2C=CC1C2. The van der Waals surface area contributed by atoms with Crippen LogP contribution >= 0.6 is 0 Å². The number of imide groups is 1. The number of hydrogen-bond donors (Lipinski definition) is 0. The molecule has 7 atom stereocenters. The minimum Gasteiger partial charge on any atom is -0.464 e. The summed E-state index contributed by atoms with van der Waals surface area (Å²) >= 11 is 0. The number of carbonyl (C=O) groups excluding carboxylic acids is 5. The number of rotatable bonds is 5. The van der Waals surface area contributed by atoms with E-state index in [0.717, 1.165) is 17.7 Å². The number of hydrogen-bond acceptors (Lipinski definition) is 7. The molecule has 8 nitrogen and oxygen atoms in total. The molecule has 2 saturated carbocycles. The van der Waals surface area contributed by atoms with Gasteiger partial charge < -0.3 is 9.47 Å². The molecule has 2 amide bonds. The van der Waals surface area contributed by atoms with Gasteiger partial charge in [0.05, 0.1) is 24.3 Å². The fraction of sp³-hybridized carbons (Fsp3) is 0.522. The summed E-state index contributed by atoms with van der Waals surface area (Å²) in [7, 11) is 0. The number of fused-ring (bicyclic) bond motifs is 7. The van der Waals surface area contributed by atoms with Gasteiger partial charge >= 0.3 is 17.9 Å². The van der Waals surface area contributed by atoms with Gasteiger partial charge in [0.1, 0.15) is 6.61 Å². The molecule has 1 saturated heterocycles. The zero-order chi connectivity index (χ0) is 21.4. The highest BCUT2D eigenvalue weighted by Crippen LogP contribution is 2.56. The molecule has 8 heteroatoms. The monoisotopic (exact) mass is 423 g/mol. The van der Waals surface area contributed by atoms with Crippen molar-refractivity contribution in [3.63, 3.8) is 0 Å². The van der Waals surface area contributed by atoms with E-state index in [4.69, 9.17) is 9.47 Å².